The van der Waals surface area contributed by atoms with Crippen molar-refractivity contribution in [2.24, 2.45) is 0 Å². The van der Waals surface area contributed by atoms with Gasteiger partial charge in [-0.3, -0.25) is 0 Å². The number of benzene rings is 12. The fraction of sp³-hybridized carbons (Fsp3) is 0.111. The molecule has 12 aromatic carbocycles. The zero-order valence-corrected chi connectivity index (χ0v) is 49.9. The van der Waals surface area contributed by atoms with Gasteiger partial charge in [0.15, 0.2) is 0 Å². The van der Waals surface area contributed by atoms with Crippen molar-refractivity contribution < 1.29 is 9.47 Å². The topological polar surface area (TPSA) is 38.2 Å². The van der Waals surface area contributed by atoms with Crippen LogP contribution in [-0.4, -0.2) is 18.3 Å². The van der Waals surface area contributed by atoms with E-state index in [0.717, 1.165) is 112 Å². The maximum Gasteiger partial charge on any atom is 0.134 e. The first-order valence-corrected chi connectivity index (χ1v) is 30.4. The molecule has 0 unspecified atom stereocenters. The lowest BCUT2D eigenvalue weighted by Crippen LogP contribution is -2.37. The van der Waals surface area contributed by atoms with E-state index >= 15 is 0 Å². The van der Waals surface area contributed by atoms with Crippen LogP contribution in [0.25, 0.3) is 110 Å². The third-order valence-electron chi connectivity index (χ3n) is 19.3. The number of nitrogens with zero attached hydrogens (tertiary/aromatic N) is 4. The first-order chi connectivity index (χ1) is 42.3. The Balaban J connectivity index is 0.945. The molecule has 0 saturated carbocycles. The summed E-state index contributed by atoms with van der Waals surface area (Å²) in [6.45, 7) is 17.5. The van der Waals surface area contributed by atoms with Crippen LogP contribution in [-0.2, 0) is 5.41 Å². The molecule has 0 saturated heterocycles. The second kappa shape index (κ2) is 17.8. The second-order valence-electron chi connectivity index (χ2n) is 25.2. The molecule has 0 bridgehead atoms. The third-order valence-corrected chi connectivity index (χ3v) is 19.3. The van der Waals surface area contributed by atoms with Gasteiger partial charge in [0.2, 0.25) is 0 Å². The molecule has 0 fully saturated rings. The SMILES string of the molecule is Cc1ccc2c(c1)c1cc(C)ccc1n2-c1ccc2c(c1)Oc1cc(-n3c4ccc(C)cc4c4cc(C)ccc43)ccc1C21c2ccc(-n3c4ccc(C)cc4c4cc(C)ccc43)cc2Oc2cc(-n3c4ccc(C)cc4c4cc(C)ccc43)ccc21. The molecule has 18 rings (SSSR count). The summed E-state index contributed by atoms with van der Waals surface area (Å²) in [6.07, 6.45) is 0. The average molecular weight is 1120 g/mol. The molecule has 4 aromatic heterocycles. The van der Waals surface area contributed by atoms with Crippen molar-refractivity contribution in [3.8, 4) is 45.7 Å². The number of ether oxygens (including phenoxy) is 2. The number of aryl methyl sites for hydroxylation is 8. The van der Waals surface area contributed by atoms with Crippen LogP contribution in [0.4, 0.5) is 0 Å². The van der Waals surface area contributed by atoms with E-state index in [1.54, 1.807) is 0 Å². The van der Waals surface area contributed by atoms with Crippen LogP contribution in [0.1, 0.15) is 66.8 Å². The largest absolute Gasteiger partial charge is 0.457 e. The predicted molar refractivity (Wildman–Crippen MR) is 360 cm³/mol. The fourth-order valence-electron chi connectivity index (χ4n) is 15.4. The highest BCUT2D eigenvalue weighted by molar-refractivity contribution is 6.13. The minimum absolute atomic E-state index is 0.785. The van der Waals surface area contributed by atoms with Crippen molar-refractivity contribution in [1.82, 2.24) is 18.3 Å². The summed E-state index contributed by atoms with van der Waals surface area (Å²) in [4.78, 5) is 0. The molecule has 87 heavy (non-hydrogen) atoms. The van der Waals surface area contributed by atoms with Gasteiger partial charge in [-0.25, -0.2) is 0 Å². The van der Waals surface area contributed by atoms with Crippen LogP contribution < -0.4 is 9.47 Å². The van der Waals surface area contributed by atoms with E-state index in [0.29, 0.717) is 0 Å². The van der Waals surface area contributed by atoms with Gasteiger partial charge in [0.1, 0.15) is 23.0 Å². The molecule has 0 amide bonds. The molecule has 2 aliphatic rings. The maximum atomic E-state index is 7.66. The van der Waals surface area contributed by atoms with Crippen LogP contribution in [0, 0.1) is 55.4 Å². The zero-order chi connectivity index (χ0) is 58.5. The molecule has 6 heteroatoms. The molecule has 0 radical (unpaired) electrons. The quantitative estimate of drug-likeness (QED) is 0.176. The highest BCUT2D eigenvalue weighted by Crippen LogP contribution is 2.63. The maximum absolute atomic E-state index is 7.66. The van der Waals surface area contributed by atoms with Crippen molar-refractivity contribution in [2.75, 3.05) is 0 Å². The first-order valence-electron chi connectivity index (χ1n) is 30.4. The highest BCUT2D eigenvalue weighted by Gasteiger charge is 2.51. The van der Waals surface area contributed by atoms with E-state index in [2.05, 4.69) is 292 Å². The molecular weight excluding hydrogens is 1060 g/mol. The van der Waals surface area contributed by atoms with E-state index in [4.69, 9.17) is 9.47 Å². The smallest absolute Gasteiger partial charge is 0.134 e. The summed E-state index contributed by atoms with van der Waals surface area (Å²) in [6, 6.07) is 82.4. The normalized spacial score (nSPS) is 13.3. The molecule has 1 spiro atoms. The van der Waals surface area contributed by atoms with Crippen LogP contribution in [0.5, 0.6) is 23.0 Å². The van der Waals surface area contributed by atoms with Crippen molar-refractivity contribution in [3.05, 3.63) is 285 Å². The van der Waals surface area contributed by atoms with Crippen molar-refractivity contribution in [3.63, 3.8) is 0 Å². The molecule has 0 N–H and O–H groups in total. The van der Waals surface area contributed by atoms with Gasteiger partial charge in [0.25, 0.3) is 0 Å². The number of fused-ring (bicyclic) bond motifs is 20. The number of hydrogen-bond acceptors (Lipinski definition) is 2. The van der Waals surface area contributed by atoms with Crippen molar-refractivity contribution in [2.45, 2.75) is 60.8 Å². The lowest BCUT2D eigenvalue weighted by molar-refractivity contribution is 0.399. The molecule has 6 nitrogen and oxygen atoms in total. The Bertz CT molecular complexity index is 4810. The van der Waals surface area contributed by atoms with Crippen molar-refractivity contribution >= 4 is 87.2 Å². The van der Waals surface area contributed by atoms with Gasteiger partial charge in [-0.05, 0) is 177 Å². The monoisotopic (exact) mass is 1120 g/mol. The van der Waals surface area contributed by atoms with Gasteiger partial charge in [-0.1, -0.05) is 117 Å². The van der Waals surface area contributed by atoms with E-state index < -0.39 is 5.41 Å². The Kier molecular flexibility index (Phi) is 10.2. The minimum atomic E-state index is -0.936. The molecule has 6 heterocycles. The van der Waals surface area contributed by atoms with Gasteiger partial charge in [0.05, 0.1) is 49.5 Å². The minimum Gasteiger partial charge on any atom is -0.457 e. The van der Waals surface area contributed by atoms with E-state index in [1.165, 1.54) is 87.6 Å². The van der Waals surface area contributed by atoms with Crippen LogP contribution in [0.15, 0.2) is 218 Å². The van der Waals surface area contributed by atoms with E-state index in [-0.39, 0.29) is 0 Å². The molecular formula is C81H60N4O2. The zero-order valence-electron chi connectivity index (χ0n) is 49.9. The number of rotatable bonds is 4. The van der Waals surface area contributed by atoms with Crippen LogP contribution in [0.3, 0.4) is 0 Å². The molecule has 0 atom stereocenters. The summed E-state index contributed by atoms with van der Waals surface area (Å²) in [5.41, 5.74) is 26.4. The molecule has 416 valence electrons. The third kappa shape index (κ3) is 6.98. The first kappa shape index (κ1) is 49.8. The molecule has 16 aromatic rings. The lowest BCUT2D eigenvalue weighted by Gasteiger charge is -2.45. The Hall–Kier alpha value is -10.6. The van der Waals surface area contributed by atoms with Gasteiger partial charge in [-0.2, -0.15) is 0 Å². The van der Waals surface area contributed by atoms with Gasteiger partial charge < -0.3 is 27.7 Å². The molecule has 2 aliphatic heterocycles. The fourth-order valence-corrected chi connectivity index (χ4v) is 15.4. The summed E-state index contributed by atoms with van der Waals surface area (Å²) in [7, 11) is 0. The standard InChI is InChI=1S/C81H60N4O2/c1-45-9-25-69-57(33-45)58-34-46(2)10-26-70(58)82(69)53-17-21-65-77(41-53)86-78-42-54(83-71-27-11-47(3)35-59(71)60-36-48(4)12-28-72(60)83)18-22-66(78)81(65)67-23-19-55(84-73-29-13-49(5)37-61(73)62-38-50(6)14-30-74(62)84)43-79(67)87-80-44-56(20-24-68(80)81)85-75-31-15-51(7)39-63(75)64-40-52(8)16-32-76(64)85/h9-44H,1-8H3. The van der Waals surface area contributed by atoms with Crippen molar-refractivity contribution in [1.29, 1.82) is 0 Å². The van der Waals surface area contributed by atoms with Gasteiger partial charge >= 0.3 is 0 Å². The Morgan fingerprint density at radius 2 is 0.379 bits per heavy atom. The van der Waals surface area contributed by atoms with E-state index in [1.807, 2.05) is 0 Å². The Morgan fingerprint density at radius 1 is 0.207 bits per heavy atom. The summed E-state index contributed by atoms with van der Waals surface area (Å²) in [5, 5.41) is 9.86. The Labute approximate surface area is 503 Å². The summed E-state index contributed by atoms with van der Waals surface area (Å²) in [5.74, 6) is 3.14. The average Bonchev–Trinajstić information content (AvgIpc) is 1.55. The summed E-state index contributed by atoms with van der Waals surface area (Å²) >= 11 is 0. The van der Waals surface area contributed by atoms with Crippen LogP contribution >= 0.6 is 0 Å². The second-order valence-corrected chi connectivity index (χ2v) is 25.2. The number of hydrogen-bond donors (Lipinski definition) is 0. The Morgan fingerprint density at radius 3 is 0.552 bits per heavy atom. The van der Waals surface area contributed by atoms with Gasteiger partial charge in [0, 0.05) is 112 Å². The van der Waals surface area contributed by atoms with E-state index in [9.17, 15) is 0 Å². The number of aromatic nitrogens is 4. The predicted octanol–water partition coefficient (Wildman–Crippen LogP) is 21.1. The lowest BCUT2D eigenvalue weighted by atomic mass is 9.62. The van der Waals surface area contributed by atoms with Gasteiger partial charge in [-0.15, -0.1) is 0 Å². The molecule has 0 aliphatic carbocycles. The van der Waals surface area contributed by atoms with Crippen LogP contribution in [0.2, 0.25) is 0 Å². The highest BCUT2D eigenvalue weighted by atomic mass is 16.5. The summed E-state index contributed by atoms with van der Waals surface area (Å²) < 4.78 is 25.0.